The van der Waals surface area contributed by atoms with Crippen LogP contribution in [-0.4, -0.2) is 41.2 Å². The zero-order valence-corrected chi connectivity index (χ0v) is 16.5. The highest BCUT2D eigenvalue weighted by atomic mass is 127. The van der Waals surface area contributed by atoms with Gasteiger partial charge in [-0.05, 0) is 72.0 Å². The quantitative estimate of drug-likeness (QED) is 0.569. The maximum atomic E-state index is 11.3. The lowest BCUT2D eigenvalue weighted by Gasteiger charge is -2.50. The number of aliphatic hydroxyl groups is 1. The van der Waals surface area contributed by atoms with E-state index in [2.05, 4.69) is 45.1 Å². The standard InChI is InChI=1S/C20H23IN2O2/c1-3-12-11-23-7-6-13(12)8-18(23)20(24)19-15-9-14(25-2)4-5-17(15)22-10-16(19)21/h3-5,9-10,12-13,18,20,24H,1,6-8,11H2,2H3/t12-,13?,18?,20-/m0/s1. The summed E-state index contributed by atoms with van der Waals surface area (Å²) in [4.78, 5) is 6.96. The van der Waals surface area contributed by atoms with Gasteiger partial charge in [0.25, 0.3) is 0 Å². The number of piperidine rings is 3. The number of halogens is 1. The average molecular weight is 450 g/mol. The van der Waals surface area contributed by atoms with Gasteiger partial charge in [-0.25, -0.2) is 0 Å². The fourth-order valence-electron chi connectivity index (χ4n) is 4.49. The summed E-state index contributed by atoms with van der Waals surface area (Å²) in [5.74, 6) is 2.00. The fourth-order valence-corrected chi connectivity index (χ4v) is 5.24. The molecule has 3 aliphatic rings. The molecule has 1 N–H and O–H groups in total. The monoisotopic (exact) mass is 450 g/mol. The molecular weight excluding hydrogens is 427 g/mol. The highest BCUT2D eigenvalue weighted by Crippen LogP contribution is 2.43. The van der Waals surface area contributed by atoms with E-state index in [4.69, 9.17) is 4.74 Å². The van der Waals surface area contributed by atoms with Crippen molar-refractivity contribution < 1.29 is 9.84 Å². The van der Waals surface area contributed by atoms with Crippen molar-refractivity contribution in [3.63, 3.8) is 0 Å². The summed E-state index contributed by atoms with van der Waals surface area (Å²) in [5.41, 5.74) is 1.88. The number of hydrogen-bond acceptors (Lipinski definition) is 4. The topological polar surface area (TPSA) is 45.6 Å². The SMILES string of the molecule is C=C[C@H]1CN2CCC1CC2[C@H](O)c1c(I)cnc2ccc(OC)cc12. The smallest absolute Gasteiger partial charge is 0.119 e. The van der Waals surface area contributed by atoms with Crippen molar-refractivity contribution in [2.75, 3.05) is 20.2 Å². The van der Waals surface area contributed by atoms with Gasteiger partial charge in [-0.15, -0.1) is 6.58 Å². The molecule has 25 heavy (non-hydrogen) atoms. The van der Waals surface area contributed by atoms with Crippen LogP contribution in [0, 0.1) is 15.4 Å². The summed E-state index contributed by atoms with van der Waals surface area (Å²) < 4.78 is 6.40. The Morgan fingerprint density at radius 1 is 1.48 bits per heavy atom. The molecule has 0 amide bonds. The Morgan fingerprint density at radius 3 is 3.00 bits per heavy atom. The average Bonchev–Trinajstić information content (AvgIpc) is 2.67. The lowest BCUT2D eigenvalue weighted by Crippen LogP contribution is -2.55. The van der Waals surface area contributed by atoms with E-state index in [0.29, 0.717) is 11.8 Å². The van der Waals surface area contributed by atoms with E-state index in [9.17, 15) is 5.11 Å². The van der Waals surface area contributed by atoms with Crippen molar-refractivity contribution in [2.24, 2.45) is 11.8 Å². The number of fused-ring (bicyclic) bond motifs is 4. The second-order valence-electron chi connectivity index (χ2n) is 7.09. The second kappa shape index (κ2) is 6.85. The van der Waals surface area contributed by atoms with E-state index in [-0.39, 0.29) is 6.04 Å². The van der Waals surface area contributed by atoms with Gasteiger partial charge in [-0.1, -0.05) is 6.08 Å². The first-order chi connectivity index (χ1) is 12.1. The van der Waals surface area contributed by atoms with E-state index in [1.165, 1.54) is 6.42 Å². The Hall–Kier alpha value is -1.18. The van der Waals surface area contributed by atoms with Gasteiger partial charge < -0.3 is 9.84 Å². The first kappa shape index (κ1) is 17.2. The van der Waals surface area contributed by atoms with Gasteiger partial charge >= 0.3 is 0 Å². The van der Waals surface area contributed by atoms with Crippen LogP contribution in [-0.2, 0) is 0 Å². The van der Waals surface area contributed by atoms with Crippen LogP contribution in [0.4, 0.5) is 0 Å². The Labute approximate surface area is 162 Å². The first-order valence-electron chi connectivity index (χ1n) is 8.79. The van der Waals surface area contributed by atoms with Crippen LogP contribution >= 0.6 is 22.6 Å². The molecule has 0 radical (unpaired) electrons. The third kappa shape index (κ3) is 2.96. The Bertz CT molecular complexity index is 810. The molecule has 1 aromatic heterocycles. The molecule has 2 bridgehead atoms. The van der Waals surface area contributed by atoms with Crippen LogP contribution in [0.3, 0.4) is 0 Å². The van der Waals surface area contributed by atoms with E-state index in [1.807, 2.05) is 24.4 Å². The van der Waals surface area contributed by atoms with Crippen LogP contribution in [0.5, 0.6) is 5.75 Å². The van der Waals surface area contributed by atoms with Crippen molar-refractivity contribution in [1.29, 1.82) is 0 Å². The molecule has 4 heterocycles. The minimum atomic E-state index is -0.516. The van der Waals surface area contributed by atoms with Gasteiger partial charge in [0.15, 0.2) is 0 Å². The predicted octanol–water partition coefficient (Wildman–Crippen LogP) is 3.78. The summed E-state index contributed by atoms with van der Waals surface area (Å²) in [6, 6.07) is 6.03. The summed E-state index contributed by atoms with van der Waals surface area (Å²) in [6.45, 7) is 6.07. The molecule has 0 spiro atoms. The maximum Gasteiger partial charge on any atom is 0.119 e. The van der Waals surface area contributed by atoms with Gasteiger partial charge in [-0.3, -0.25) is 9.88 Å². The van der Waals surface area contributed by atoms with Crippen LogP contribution in [0.1, 0.15) is 24.5 Å². The fraction of sp³-hybridized carbons (Fsp3) is 0.450. The molecule has 0 saturated carbocycles. The molecule has 4 nitrogen and oxygen atoms in total. The summed E-state index contributed by atoms with van der Waals surface area (Å²) in [7, 11) is 1.67. The zero-order valence-electron chi connectivity index (χ0n) is 14.4. The maximum absolute atomic E-state index is 11.3. The third-order valence-electron chi connectivity index (χ3n) is 5.88. The molecular formula is C20H23IN2O2. The summed E-state index contributed by atoms with van der Waals surface area (Å²) in [5, 5.41) is 12.3. The first-order valence-corrected chi connectivity index (χ1v) is 9.87. The van der Waals surface area contributed by atoms with Gasteiger partial charge in [-0.2, -0.15) is 0 Å². The lowest BCUT2D eigenvalue weighted by molar-refractivity contribution is -0.0447. The third-order valence-corrected chi connectivity index (χ3v) is 6.74. The zero-order chi connectivity index (χ0) is 17.6. The summed E-state index contributed by atoms with van der Waals surface area (Å²) >= 11 is 2.29. The lowest BCUT2D eigenvalue weighted by atomic mass is 9.73. The molecule has 3 aliphatic heterocycles. The number of rotatable bonds is 4. The number of aliphatic hydroxyl groups excluding tert-OH is 1. The Kier molecular flexibility index (Phi) is 4.73. The highest BCUT2D eigenvalue weighted by Gasteiger charge is 2.42. The molecule has 3 saturated heterocycles. The van der Waals surface area contributed by atoms with E-state index >= 15 is 0 Å². The molecule has 2 aromatic rings. The van der Waals surface area contributed by atoms with E-state index in [0.717, 1.165) is 45.3 Å². The minimum Gasteiger partial charge on any atom is -0.497 e. The molecule has 132 valence electrons. The van der Waals surface area contributed by atoms with Crippen molar-refractivity contribution in [2.45, 2.75) is 25.0 Å². The number of hydrogen-bond donors (Lipinski definition) is 1. The summed E-state index contributed by atoms with van der Waals surface area (Å²) in [6.07, 6.45) is 5.68. The second-order valence-corrected chi connectivity index (χ2v) is 8.26. The van der Waals surface area contributed by atoms with Gasteiger partial charge in [0.1, 0.15) is 5.75 Å². The van der Waals surface area contributed by atoms with Crippen LogP contribution in [0.15, 0.2) is 37.1 Å². The van der Waals surface area contributed by atoms with Crippen LogP contribution in [0.25, 0.3) is 10.9 Å². The van der Waals surface area contributed by atoms with E-state index < -0.39 is 6.10 Å². The van der Waals surface area contributed by atoms with Crippen molar-refractivity contribution in [3.05, 3.63) is 46.2 Å². The number of aromatic nitrogens is 1. The van der Waals surface area contributed by atoms with Crippen LogP contribution < -0.4 is 4.74 Å². The molecule has 5 heteroatoms. The number of benzene rings is 1. The Balaban J connectivity index is 1.74. The molecule has 0 aliphatic carbocycles. The Morgan fingerprint density at radius 2 is 2.32 bits per heavy atom. The van der Waals surface area contributed by atoms with Crippen molar-refractivity contribution in [3.8, 4) is 5.75 Å². The van der Waals surface area contributed by atoms with Gasteiger partial charge in [0.05, 0.1) is 18.7 Å². The largest absolute Gasteiger partial charge is 0.497 e. The number of methoxy groups -OCH3 is 1. The minimum absolute atomic E-state index is 0.167. The molecule has 3 fully saturated rings. The highest BCUT2D eigenvalue weighted by molar-refractivity contribution is 14.1. The molecule has 1 aromatic carbocycles. The molecule has 3 unspecified atom stereocenters. The van der Waals surface area contributed by atoms with Crippen molar-refractivity contribution in [1.82, 2.24) is 9.88 Å². The van der Waals surface area contributed by atoms with Gasteiger partial charge in [0, 0.05) is 33.3 Å². The number of pyridine rings is 1. The van der Waals surface area contributed by atoms with Crippen LogP contribution in [0.2, 0.25) is 0 Å². The van der Waals surface area contributed by atoms with E-state index in [1.54, 1.807) is 7.11 Å². The predicted molar refractivity (Wildman–Crippen MR) is 108 cm³/mol. The molecule has 5 atom stereocenters. The number of ether oxygens (including phenoxy) is 1. The normalized spacial score (nSPS) is 29.6. The molecule has 5 rings (SSSR count). The van der Waals surface area contributed by atoms with Gasteiger partial charge in [0.2, 0.25) is 0 Å². The number of nitrogens with zero attached hydrogens (tertiary/aromatic N) is 2. The van der Waals surface area contributed by atoms with Crippen molar-refractivity contribution >= 4 is 33.5 Å².